The van der Waals surface area contributed by atoms with Crippen molar-refractivity contribution in [2.24, 2.45) is 16.6 Å². The molecule has 1 fully saturated rings. The van der Waals surface area contributed by atoms with Crippen molar-refractivity contribution in [2.75, 3.05) is 0 Å². The SMILES string of the molecule is CC1(C)[C@H](N)CC[C@@]1(C)C(=O)O. The molecule has 0 heterocycles. The first-order valence-corrected chi connectivity index (χ1v) is 4.31. The number of carboxylic acids is 1. The van der Waals surface area contributed by atoms with E-state index in [0.29, 0.717) is 6.42 Å². The molecule has 2 atom stereocenters. The number of carbonyl (C=O) groups is 1. The van der Waals surface area contributed by atoms with Crippen LogP contribution in [-0.4, -0.2) is 17.1 Å². The second-order valence-corrected chi connectivity index (χ2v) is 4.50. The topological polar surface area (TPSA) is 63.3 Å². The van der Waals surface area contributed by atoms with E-state index in [0.717, 1.165) is 6.42 Å². The van der Waals surface area contributed by atoms with Gasteiger partial charge < -0.3 is 10.8 Å². The van der Waals surface area contributed by atoms with Crippen LogP contribution in [0.2, 0.25) is 0 Å². The Morgan fingerprint density at radius 3 is 2.17 bits per heavy atom. The van der Waals surface area contributed by atoms with Gasteiger partial charge in [-0.3, -0.25) is 4.79 Å². The molecule has 0 saturated heterocycles. The third kappa shape index (κ3) is 0.959. The van der Waals surface area contributed by atoms with Gasteiger partial charge in [-0.2, -0.15) is 0 Å². The second-order valence-electron chi connectivity index (χ2n) is 4.50. The van der Waals surface area contributed by atoms with Crippen LogP contribution in [0.15, 0.2) is 0 Å². The lowest BCUT2D eigenvalue weighted by atomic mass is 9.68. The maximum Gasteiger partial charge on any atom is 0.309 e. The molecule has 3 heteroatoms. The quantitative estimate of drug-likeness (QED) is 0.623. The van der Waals surface area contributed by atoms with Crippen LogP contribution in [0.5, 0.6) is 0 Å². The summed E-state index contributed by atoms with van der Waals surface area (Å²) in [7, 11) is 0. The molecule has 0 aromatic carbocycles. The van der Waals surface area contributed by atoms with Gasteiger partial charge in [0.1, 0.15) is 0 Å². The van der Waals surface area contributed by atoms with Crippen molar-refractivity contribution >= 4 is 5.97 Å². The average Bonchev–Trinajstić information content (AvgIpc) is 2.15. The molecule has 0 aromatic rings. The zero-order valence-electron chi connectivity index (χ0n) is 7.92. The molecule has 0 unspecified atom stereocenters. The van der Waals surface area contributed by atoms with Crippen molar-refractivity contribution < 1.29 is 9.90 Å². The smallest absolute Gasteiger partial charge is 0.309 e. The first-order valence-electron chi connectivity index (χ1n) is 4.31. The van der Waals surface area contributed by atoms with Gasteiger partial charge in [-0.1, -0.05) is 13.8 Å². The highest BCUT2D eigenvalue weighted by molar-refractivity contribution is 5.76. The van der Waals surface area contributed by atoms with Gasteiger partial charge in [0.15, 0.2) is 0 Å². The van der Waals surface area contributed by atoms with E-state index in [9.17, 15) is 4.79 Å². The predicted molar refractivity (Wildman–Crippen MR) is 46.7 cm³/mol. The van der Waals surface area contributed by atoms with Crippen molar-refractivity contribution in [2.45, 2.75) is 39.7 Å². The molecule has 0 aliphatic heterocycles. The minimum atomic E-state index is -0.722. The van der Waals surface area contributed by atoms with Crippen LogP contribution in [0.3, 0.4) is 0 Å². The lowest BCUT2D eigenvalue weighted by Gasteiger charge is -2.36. The number of hydrogen-bond acceptors (Lipinski definition) is 2. The van der Waals surface area contributed by atoms with Gasteiger partial charge in [0, 0.05) is 6.04 Å². The predicted octanol–water partition coefficient (Wildman–Crippen LogP) is 1.22. The van der Waals surface area contributed by atoms with E-state index >= 15 is 0 Å². The van der Waals surface area contributed by atoms with Crippen molar-refractivity contribution in [3.05, 3.63) is 0 Å². The number of aliphatic carboxylic acids is 1. The van der Waals surface area contributed by atoms with Gasteiger partial charge in [0.05, 0.1) is 5.41 Å². The minimum absolute atomic E-state index is 0.0126. The van der Waals surface area contributed by atoms with Gasteiger partial charge >= 0.3 is 5.97 Å². The minimum Gasteiger partial charge on any atom is -0.481 e. The Labute approximate surface area is 72.9 Å². The summed E-state index contributed by atoms with van der Waals surface area (Å²) in [5.41, 5.74) is 4.92. The molecule has 70 valence electrons. The maximum absolute atomic E-state index is 11.0. The number of nitrogens with two attached hydrogens (primary N) is 1. The Morgan fingerprint density at radius 1 is 1.50 bits per heavy atom. The molecular formula is C9H17NO2. The highest BCUT2D eigenvalue weighted by atomic mass is 16.4. The fourth-order valence-electron chi connectivity index (χ4n) is 1.92. The first kappa shape index (κ1) is 9.52. The molecule has 0 spiro atoms. The molecule has 3 nitrogen and oxygen atoms in total. The molecule has 1 saturated carbocycles. The van der Waals surface area contributed by atoms with Crippen LogP contribution in [-0.2, 0) is 4.79 Å². The van der Waals surface area contributed by atoms with Crippen molar-refractivity contribution in [1.29, 1.82) is 0 Å². The van der Waals surface area contributed by atoms with E-state index in [2.05, 4.69) is 0 Å². The van der Waals surface area contributed by atoms with Gasteiger partial charge in [-0.05, 0) is 25.2 Å². The van der Waals surface area contributed by atoms with Crippen LogP contribution in [0.4, 0.5) is 0 Å². The van der Waals surface area contributed by atoms with Crippen LogP contribution >= 0.6 is 0 Å². The number of hydrogen-bond donors (Lipinski definition) is 2. The summed E-state index contributed by atoms with van der Waals surface area (Å²) in [6.45, 7) is 5.68. The standard InChI is InChI=1S/C9H17NO2/c1-8(2)6(10)4-5-9(8,3)7(11)12/h6H,4-5,10H2,1-3H3,(H,11,12)/t6-,9+/m1/s1. The Kier molecular flexibility index (Phi) is 1.95. The summed E-state index contributed by atoms with van der Waals surface area (Å²) in [6, 6.07) is 0.0126. The van der Waals surface area contributed by atoms with Crippen molar-refractivity contribution in [3.8, 4) is 0 Å². The van der Waals surface area contributed by atoms with Crippen LogP contribution in [0.25, 0.3) is 0 Å². The molecule has 1 rings (SSSR count). The molecule has 0 radical (unpaired) electrons. The Bertz CT molecular complexity index is 213. The zero-order chi connectivity index (χ0) is 9.57. The summed E-state index contributed by atoms with van der Waals surface area (Å²) in [4.78, 5) is 11.0. The first-order chi connectivity index (χ1) is 5.32. The van der Waals surface area contributed by atoms with Crippen LogP contribution in [0.1, 0.15) is 33.6 Å². The monoisotopic (exact) mass is 171 g/mol. The number of rotatable bonds is 1. The molecule has 3 N–H and O–H groups in total. The fraction of sp³-hybridized carbons (Fsp3) is 0.889. The van der Waals surface area contributed by atoms with Gasteiger partial charge in [-0.25, -0.2) is 0 Å². The van der Waals surface area contributed by atoms with Crippen molar-refractivity contribution in [3.63, 3.8) is 0 Å². The van der Waals surface area contributed by atoms with E-state index in [4.69, 9.17) is 10.8 Å². The lowest BCUT2D eigenvalue weighted by molar-refractivity contribution is -0.153. The normalized spacial score (nSPS) is 39.8. The summed E-state index contributed by atoms with van der Waals surface area (Å²) in [5.74, 6) is -0.722. The molecule has 1 aliphatic rings. The molecule has 0 aromatic heterocycles. The van der Waals surface area contributed by atoms with Crippen LogP contribution < -0.4 is 5.73 Å². The maximum atomic E-state index is 11.0. The lowest BCUT2D eigenvalue weighted by Crippen LogP contribution is -2.45. The van der Waals surface area contributed by atoms with Crippen LogP contribution in [0, 0.1) is 10.8 Å². The van der Waals surface area contributed by atoms with Gasteiger partial charge in [0.25, 0.3) is 0 Å². The molecule has 0 amide bonds. The van der Waals surface area contributed by atoms with Crippen molar-refractivity contribution in [1.82, 2.24) is 0 Å². The van der Waals surface area contributed by atoms with E-state index in [1.807, 2.05) is 13.8 Å². The third-order valence-electron chi connectivity index (χ3n) is 3.78. The van der Waals surface area contributed by atoms with E-state index in [1.165, 1.54) is 0 Å². The van der Waals surface area contributed by atoms with E-state index < -0.39 is 11.4 Å². The Balaban J connectivity index is 3.01. The largest absolute Gasteiger partial charge is 0.481 e. The Morgan fingerprint density at radius 2 is 2.00 bits per heavy atom. The molecule has 1 aliphatic carbocycles. The fourth-order valence-corrected chi connectivity index (χ4v) is 1.92. The highest BCUT2D eigenvalue weighted by Crippen LogP contribution is 2.51. The van der Waals surface area contributed by atoms with Gasteiger partial charge in [-0.15, -0.1) is 0 Å². The average molecular weight is 171 g/mol. The van der Waals surface area contributed by atoms with E-state index in [-0.39, 0.29) is 11.5 Å². The number of carboxylic acid groups (broad SMARTS) is 1. The summed E-state index contributed by atoms with van der Waals surface area (Å²) >= 11 is 0. The third-order valence-corrected chi connectivity index (χ3v) is 3.78. The second kappa shape index (κ2) is 2.46. The zero-order valence-corrected chi connectivity index (χ0v) is 7.92. The van der Waals surface area contributed by atoms with E-state index in [1.54, 1.807) is 6.92 Å². The molecule has 12 heavy (non-hydrogen) atoms. The highest BCUT2D eigenvalue weighted by Gasteiger charge is 2.54. The summed E-state index contributed by atoms with van der Waals surface area (Å²) < 4.78 is 0. The summed E-state index contributed by atoms with van der Waals surface area (Å²) in [5, 5.41) is 9.07. The molecule has 0 bridgehead atoms. The Hall–Kier alpha value is -0.570. The molecular weight excluding hydrogens is 154 g/mol. The van der Waals surface area contributed by atoms with Gasteiger partial charge in [0.2, 0.25) is 0 Å². The summed E-state index contributed by atoms with van der Waals surface area (Å²) in [6.07, 6.45) is 1.51.